The molecule has 66 valence electrons. The summed E-state index contributed by atoms with van der Waals surface area (Å²) < 4.78 is 3.67. The molecule has 0 radical (unpaired) electrons. The van der Waals surface area contributed by atoms with E-state index in [1.165, 1.54) is 5.56 Å². The van der Waals surface area contributed by atoms with Crippen LogP contribution in [0.2, 0.25) is 0 Å². The third-order valence-electron chi connectivity index (χ3n) is 1.12. The molecule has 0 saturated carbocycles. The molecule has 1 N–H and O–H groups in total. The summed E-state index contributed by atoms with van der Waals surface area (Å²) in [7, 11) is 1.10. The Hall–Kier alpha value is -1.51. The van der Waals surface area contributed by atoms with Crippen LogP contribution in [0, 0.1) is 6.92 Å². The zero-order valence-corrected chi connectivity index (χ0v) is 7.15. The molecule has 0 atom stereocenters. The highest BCUT2D eigenvalue weighted by molar-refractivity contribution is 5.56. The molecule has 1 aromatic carbocycles. The molecule has 0 amide bonds. The maximum Gasteiger partial charge on any atom is 0.505 e. The average molecular weight is 168 g/mol. The summed E-state index contributed by atoms with van der Waals surface area (Å²) in [6, 6.07) is 10.3. The molecule has 0 fully saturated rings. The van der Waals surface area contributed by atoms with Gasteiger partial charge in [-0.25, -0.2) is 4.79 Å². The van der Waals surface area contributed by atoms with E-state index in [0.29, 0.717) is 0 Å². The van der Waals surface area contributed by atoms with Crippen LogP contribution in [-0.4, -0.2) is 18.4 Å². The van der Waals surface area contributed by atoms with Crippen LogP contribution in [0.1, 0.15) is 5.56 Å². The highest BCUT2D eigenvalue weighted by Gasteiger charge is 1.80. The summed E-state index contributed by atoms with van der Waals surface area (Å²) in [6.45, 7) is 2.08. The van der Waals surface area contributed by atoms with Gasteiger partial charge in [0.1, 0.15) is 0 Å². The molecule has 12 heavy (non-hydrogen) atoms. The van der Waals surface area contributed by atoms with Crippen LogP contribution in [0.5, 0.6) is 0 Å². The predicted octanol–water partition coefficient (Wildman–Crippen LogP) is 2.31. The van der Waals surface area contributed by atoms with Crippen LogP contribution >= 0.6 is 0 Å². The van der Waals surface area contributed by atoms with Gasteiger partial charge in [0.2, 0.25) is 0 Å². The van der Waals surface area contributed by atoms with Crippen molar-refractivity contribution in [3.63, 3.8) is 0 Å². The predicted molar refractivity (Wildman–Crippen MR) is 46.2 cm³/mol. The normalized spacial score (nSPS) is 7.83. The molecule has 0 aliphatic rings. The van der Waals surface area contributed by atoms with E-state index < -0.39 is 6.16 Å². The smallest absolute Gasteiger partial charge is 0.450 e. The number of rotatable bonds is 0. The first-order valence-electron chi connectivity index (χ1n) is 3.45. The molecule has 0 unspecified atom stereocenters. The van der Waals surface area contributed by atoms with Crippen molar-refractivity contribution in [2.24, 2.45) is 0 Å². The summed E-state index contributed by atoms with van der Waals surface area (Å²) in [6.07, 6.45) is -1.25. The highest BCUT2D eigenvalue weighted by atomic mass is 16.6. The maximum atomic E-state index is 9.15. The van der Waals surface area contributed by atoms with Gasteiger partial charge in [0.05, 0.1) is 7.11 Å². The largest absolute Gasteiger partial charge is 0.505 e. The standard InChI is InChI=1S/C7H8.C2H4O3/c1-7-5-3-2-4-6-7;1-5-2(3)4/h2-6H,1H3;1H3,(H,3,4). The minimum atomic E-state index is -1.25. The highest BCUT2D eigenvalue weighted by Crippen LogP contribution is 1.92. The van der Waals surface area contributed by atoms with Crippen molar-refractivity contribution < 1.29 is 14.6 Å². The van der Waals surface area contributed by atoms with Crippen LogP contribution in [0.3, 0.4) is 0 Å². The first-order chi connectivity index (χ1) is 5.66. The Bertz CT molecular complexity index is 218. The minimum absolute atomic E-state index is 1.10. The zero-order valence-electron chi connectivity index (χ0n) is 7.15. The van der Waals surface area contributed by atoms with E-state index in [9.17, 15) is 0 Å². The number of aryl methyl sites for hydroxylation is 1. The van der Waals surface area contributed by atoms with Gasteiger partial charge in [-0.1, -0.05) is 35.9 Å². The maximum absolute atomic E-state index is 9.15. The number of ether oxygens (including phenoxy) is 1. The molecule has 1 aromatic rings. The fraction of sp³-hybridized carbons (Fsp3) is 0.222. The van der Waals surface area contributed by atoms with Crippen molar-refractivity contribution in [1.29, 1.82) is 0 Å². The van der Waals surface area contributed by atoms with E-state index in [-0.39, 0.29) is 0 Å². The van der Waals surface area contributed by atoms with E-state index in [1.807, 2.05) is 18.2 Å². The Morgan fingerprint density at radius 1 is 1.33 bits per heavy atom. The van der Waals surface area contributed by atoms with Gasteiger partial charge in [-0.15, -0.1) is 0 Å². The number of methoxy groups -OCH3 is 1. The summed E-state index contributed by atoms with van der Waals surface area (Å²) in [5.41, 5.74) is 1.32. The number of hydrogen-bond acceptors (Lipinski definition) is 2. The summed E-state index contributed by atoms with van der Waals surface area (Å²) in [4.78, 5) is 9.15. The van der Waals surface area contributed by atoms with Crippen LogP contribution in [0.4, 0.5) is 4.79 Å². The lowest BCUT2D eigenvalue weighted by Crippen LogP contribution is -1.91. The third-order valence-corrected chi connectivity index (χ3v) is 1.12. The summed E-state index contributed by atoms with van der Waals surface area (Å²) >= 11 is 0. The molecule has 3 nitrogen and oxygen atoms in total. The van der Waals surface area contributed by atoms with E-state index in [0.717, 1.165) is 7.11 Å². The van der Waals surface area contributed by atoms with Gasteiger partial charge in [-0.3, -0.25) is 0 Å². The van der Waals surface area contributed by atoms with Crippen molar-refractivity contribution >= 4 is 6.16 Å². The second kappa shape index (κ2) is 6.22. The fourth-order valence-corrected chi connectivity index (χ4v) is 0.534. The molecule has 3 heteroatoms. The van der Waals surface area contributed by atoms with Crippen molar-refractivity contribution in [2.45, 2.75) is 6.92 Å². The second-order valence-corrected chi connectivity index (χ2v) is 2.12. The summed E-state index contributed by atoms with van der Waals surface area (Å²) in [5.74, 6) is 0. The topological polar surface area (TPSA) is 46.5 Å². The molecule has 1 rings (SSSR count). The minimum Gasteiger partial charge on any atom is -0.450 e. The SMILES string of the molecule is COC(=O)O.Cc1ccccc1. The molecule has 0 aliphatic carbocycles. The van der Waals surface area contributed by atoms with Crippen molar-refractivity contribution in [3.05, 3.63) is 35.9 Å². The van der Waals surface area contributed by atoms with Gasteiger partial charge >= 0.3 is 6.16 Å². The van der Waals surface area contributed by atoms with Gasteiger partial charge in [0.15, 0.2) is 0 Å². The first kappa shape index (κ1) is 10.5. The number of carbonyl (C=O) groups is 1. The lowest BCUT2D eigenvalue weighted by atomic mass is 10.2. The van der Waals surface area contributed by atoms with Crippen molar-refractivity contribution in [2.75, 3.05) is 7.11 Å². The van der Waals surface area contributed by atoms with Gasteiger partial charge in [0, 0.05) is 0 Å². The Kier molecular flexibility index (Phi) is 5.43. The zero-order chi connectivity index (χ0) is 9.40. The fourth-order valence-electron chi connectivity index (χ4n) is 0.534. The Labute approximate surface area is 71.6 Å². The molecular weight excluding hydrogens is 156 g/mol. The Morgan fingerprint density at radius 2 is 1.75 bits per heavy atom. The molecule has 0 spiro atoms. The first-order valence-corrected chi connectivity index (χ1v) is 3.45. The Morgan fingerprint density at radius 3 is 1.92 bits per heavy atom. The van der Waals surface area contributed by atoms with Crippen LogP contribution < -0.4 is 0 Å². The molecule has 0 heterocycles. The third kappa shape index (κ3) is 6.61. The van der Waals surface area contributed by atoms with Gasteiger partial charge in [-0.2, -0.15) is 0 Å². The average Bonchev–Trinajstić information content (AvgIpc) is 2.07. The van der Waals surface area contributed by atoms with Crippen LogP contribution in [0.15, 0.2) is 30.3 Å². The molecule has 0 saturated heterocycles. The summed E-state index contributed by atoms with van der Waals surface area (Å²) in [5, 5.41) is 7.50. The lowest BCUT2D eigenvalue weighted by Gasteiger charge is -1.82. The number of hydrogen-bond donors (Lipinski definition) is 1. The molecule has 0 aromatic heterocycles. The molecule has 0 aliphatic heterocycles. The van der Waals surface area contributed by atoms with Gasteiger partial charge < -0.3 is 9.84 Å². The van der Waals surface area contributed by atoms with Crippen LogP contribution in [0.25, 0.3) is 0 Å². The van der Waals surface area contributed by atoms with Crippen LogP contribution in [-0.2, 0) is 4.74 Å². The monoisotopic (exact) mass is 168 g/mol. The van der Waals surface area contributed by atoms with E-state index in [4.69, 9.17) is 9.90 Å². The van der Waals surface area contributed by atoms with Crippen molar-refractivity contribution in [3.8, 4) is 0 Å². The van der Waals surface area contributed by atoms with E-state index in [1.54, 1.807) is 0 Å². The Balaban J connectivity index is 0.000000217. The number of benzene rings is 1. The quantitative estimate of drug-likeness (QED) is 0.604. The molecular formula is C9H12O3. The second-order valence-electron chi connectivity index (χ2n) is 2.12. The van der Waals surface area contributed by atoms with Gasteiger partial charge in [-0.05, 0) is 6.92 Å². The van der Waals surface area contributed by atoms with E-state index in [2.05, 4.69) is 23.8 Å². The lowest BCUT2D eigenvalue weighted by molar-refractivity contribution is 0.114. The van der Waals surface area contributed by atoms with Crippen molar-refractivity contribution in [1.82, 2.24) is 0 Å². The molecule has 0 bridgehead atoms. The number of carboxylic acid groups (broad SMARTS) is 1. The van der Waals surface area contributed by atoms with E-state index >= 15 is 0 Å². The van der Waals surface area contributed by atoms with Gasteiger partial charge in [0.25, 0.3) is 0 Å².